The molecule has 0 bridgehead atoms. The van der Waals surface area contributed by atoms with Crippen LogP contribution < -0.4 is 4.74 Å². The molecule has 0 N–H and O–H groups in total. The molecule has 0 aliphatic heterocycles. The molecule has 3 aromatic rings. The Morgan fingerprint density at radius 2 is 1.75 bits per heavy atom. The molecule has 0 fully saturated rings. The van der Waals surface area contributed by atoms with Gasteiger partial charge in [0.15, 0.2) is 5.78 Å². The molecule has 0 spiro atoms. The van der Waals surface area contributed by atoms with Crippen LogP contribution in [0.4, 0.5) is 0 Å². The highest BCUT2D eigenvalue weighted by atomic mass is 35.5. The van der Waals surface area contributed by atoms with Crippen LogP contribution in [0.2, 0.25) is 4.34 Å². The van der Waals surface area contributed by atoms with E-state index in [1.165, 1.54) is 11.3 Å². The summed E-state index contributed by atoms with van der Waals surface area (Å²) in [7, 11) is 0. The van der Waals surface area contributed by atoms with Crippen LogP contribution in [-0.2, 0) is 6.61 Å². The van der Waals surface area contributed by atoms with E-state index in [1.807, 2.05) is 54.6 Å². The van der Waals surface area contributed by atoms with Gasteiger partial charge >= 0.3 is 0 Å². The fourth-order valence-corrected chi connectivity index (χ4v) is 3.08. The zero-order valence-electron chi connectivity index (χ0n) is 12.8. The van der Waals surface area contributed by atoms with Gasteiger partial charge in [-0.1, -0.05) is 60.1 Å². The number of carbonyl (C=O) groups is 1. The fourth-order valence-electron chi connectivity index (χ4n) is 2.12. The molecule has 120 valence electrons. The number of rotatable bonds is 6. The van der Waals surface area contributed by atoms with Crippen molar-refractivity contribution in [2.24, 2.45) is 0 Å². The molecule has 0 atom stereocenters. The Bertz CT molecular complexity index is 836. The summed E-state index contributed by atoms with van der Waals surface area (Å²) >= 11 is 7.12. The largest absolute Gasteiger partial charge is 0.489 e. The molecule has 0 unspecified atom stereocenters. The Labute approximate surface area is 150 Å². The van der Waals surface area contributed by atoms with Crippen LogP contribution in [0.25, 0.3) is 6.08 Å². The highest BCUT2D eigenvalue weighted by Gasteiger charge is 2.04. The Kier molecular flexibility index (Phi) is 5.47. The molecule has 24 heavy (non-hydrogen) atoms. The number of hydrogen-bond acceptors (Lipinski definition) is 3. The first-order chi connectivity index (χ1) is 11.7. The fraction of sp³-hybridized carbons (Fsp3) is 0.0500. The van der Waals surface area contributed by atoms with Gasteiger partial charge in [-0.15, -0.1) is 11.3 Å². The van der Waals surface area contributed by atoms with Crippen LogP contribution in [0.3, 0.4) is 0 Å². The first kappa shape index (κ1) is 16.5. The second kappa shape index (κ2) is 7.95. The Morgan fingerprint density at radius 3 is 2.42 bits per heavy atom. The second-order valence-electron chi connectivity index (χ2n) is 5.14. The van der Waals surface area contributed by atoms with Crippen LogP contribution >= 0.6 is 22.9 Å². The van der Waals surface area contributed by atoms with Crippen LogP contribution in [0.5, 0.6) is 5.75 Å². The third-order valence-electron chi connectivity index (χ3n) is 3.37. The summed E-state index contributed by atoms with van der Waals surface area (Å²) in [6.07, 6.45) is 3.35. The van der Waals surface area contributed by atoms with Gasteiger partial charge in [0.05, 0.1) is 9.21 Å². The first-order valence-corrected chi connectivity index (χ1v) is 8.65. The number of carbonyl (C=O) groups excluding carboxylic acids is 1. The van der Waals surface area contributed by atoms with Crippen molar-refractivity contribution in [3.05, 3.63) is 93.1 Å². The lowest BCUT2D eigenvalue weighted by atomic mass is 10.2. The summed E-state index contributed by atoms with van der Waals surface area (Å²) in [6, 6.07) is 21.1. The number of ketones is 1. The number of halogens is 1. The summed E-state index contributed by atoms with van der Waals surface area (Å²) in [6.45, 7) is 0.535. The maximum absolute atomic E-state index is 12.0. The Morgan fingerprint density at radius 1 is 1.00 bits per heavy atom. The zero-order valence-corrected chi connectivity index (χ0v) is 14.4. The van der Waals surface area contributed by atoms with Crippen LogP contribution in [0.15, 0.2) is 72.8 Å². The average molecular weight is 355 g/mol. The van der Waals surface area contributed by atoms with Gasteiger partial charge in [-0.2, -0.15) is 0 Å². The van der Waals surface area contributed by atoms with Gasteiger partial charge in [0.1, 0.15) is 12.4 Å². The monoisotopic (exact) mass is 354 g/mol. The lowest BCUT2D eigenvalue weighted by Crippen LogP contribution is -1.94. The van der Waals surface area contributed by atoms with Crippen LogP contribution in [-0.4, -0.2) is 5.78 Å². The minimum absolute atomic E-state index is 0.0451. The predicted octanol–water partition coefficient (Wildman–Crippen LogP) is 5.88. The standard InChI is InChI=1S/C20H15ClO2S/c21-20-13-12-19(24-20)18(22)11-8-15-6-9-17(10-7-15)23-14-16-4-2-1-3-5-16/h1-13H,14H2/b11-8+. The zero-order chi connectivity index (χ0) is 16.8. The van der Waals surface area contributed by atoms with E-state index in [-0.39, 0.29) is 5.78 Å². The third kappa shape index (κ3) is 4.57. The van der Waals surface area contributed by atoms with Crippen molar-refractivity contribution < 1.29 is 9.53 Å². The van der Waals surface area contributed by atoms with Gasteiger partial charge in [-0.25, -0.2) is 0 Å². The van der Waals surface area contributed by atoms with Gasteiger partial charge in [-0.3, -0.25) is 4.79 Å². The lowest BCUT2D eigenvalue weighted by Gasteiger charge is -2.06. The van der Waals surface area contributed by atoms with Crippen LogP contribution in [0.1, 0.15) is 20.8 Å². The number of ether oxygens (including phenoxy) is 1. The summed E-state index contributed by atoms with van der Waals surface area (Å²) in [4.78, 5) is 12.6. The molecule has 0 amide bonds. The van der Waals surface area contributed by atoms with Gasteiger partial charge in [0, 0.05) is 0 Å². The van der Waals surface area contributed by atoms with Crippen molar-refractivity contribution in [3.63, 3.8) is 0 Å². The van der Waals surface area contributed by atoms with Gasteiger partial charge in [0.2, 0.25) is 0 Å². The quantitative estimate of drug-likeness (QED) is 0.408. The van der Waals surface area contributed by atoms with E-state index in [2.05, 4.69) is 0 Å². The number of benzene rings is 2. The third-order valence-corrected chi connectivity index (χ3v) is 4.62. The highest BCUT2D eigenvalue weighted by molar-refractivity contribution is 7.18. The molecule has 2 nitrogen and oxygen atoms in total. The molecular formula is C20H15ClO2S. The van der Waals surface area contributed by atoms with Crippen molar-refractivity contribution >= 4 is 34.8 Å². The van der Waals surface area contributed by atoms with E-state index in [4.69, 9.17) is 16.3 Å². The molecule has 1 aromatic heterocycles. The van der Waals surface area contributed by atoms with Gasteiger partial charge < -0.3 is 4.74 Å². The smallest absolute Gasteiger partial charge is 0.195 e. The van der Waals surface area contributed by atoms with Crippen molar-refractivity contribution in [2.75, 3.05) is 0 Å². The lowest BCUT2D eigenvalue weighted by molar-refractivity contribution is 0.105. The van der Waals surface area contributed by atoms with Gasteiger partial charge in [-0.05, 0) is 41.5 Å². The summed E-state index contributed by atoms with van der Waals surface area (Å²) in [5.41, 5.74) is 2.07. The Balaban J connectivity index is 1.58. The van der Waals surface area contributed by atoms with E-state index in [1.54, 1.807) is 24.3 Å². The summed E-state index contributed by atoms with van der Waals surface area (Å²) in [5.74, 6) is 0.753. The molecular weight excluding hydrogens is 340 g/mol. The molecule has 0 radical (unpaired) electrons. The normalized spacial score (nSPS) is 10.9. The minimum atomic E-state index is -0.0451. The Hall–Kier alpha value is -2.36. The van der Waals surface area contributed by atoms with Crippen molar-refractivity contribution in [1.82, 2.24) is 0 Å². The molecule has 0 aliphatic rings. The van der Waals surface area contributed by atoms with Crippen molar-refractivity contribution in [1.29, 1.82) is 0 Å². The number of hydrogen-bond donors (Lipinski definition) is 0. The van der Waals surface area contributed by atoms with E-state index in [0.717, 1.165) is 16.9 Å². The maximum atomic E-state index is 12.0. The maximum Gasteiger partial charge on any atom is 0.195 e. The molecule has 1 heterocycles. The molecule has 4 heteroatoms. The topological polar surface area (TPSA) is 26.3 Å². The number of thiophene rings is 1. The van der Waals surface area contributed by atoms with Crippen molar-refractivity contribution in [2.45, 2.75) is 6.61 Å². The van der Waals surface area contributed by atoms with E-state index >= 15 is 0 Å². The SMILES string of the molecule is O=C(/C=C/c1ccc(OCc2ccccc2)cc1)c1ccc(Cl)s1. The predicted molar refractivity (Wildman–Crippen MR) is 99.9 cm³/mol. The molecule has 3 rings (SSSR count). The average Bonchev–Trinajstić information content (AvgIpc) is 3.06. The van der Waals surface area contributed by atoms with E-state index < -0.39 is 0 Å². The number of allylic oxidation sites excluding steroid dienone is 1. The summed E-state index contributed by atoms with van der Waals surface area (Å²) in [5, 5.41) is 0. The molecule has 0 saturated heterocycles. The molecule has 0 aliphatic carbocycles. The van der Waals surface area contributed by atoms with Gasteiger partial charge in [0.25, 0.3) is 0 Å². The molecule has 0 saturated carbocycles. The second-order valence-corrected chi connectivity index (χ2v) is 6.86. The van der Waals surface area contributed by atoms with Crippen molar-refractivity contribution in [3.8, 4) is 5.75 Å². The minimum Gasteiger partial charge on any atom is -0.489 e. The summed E-state index contributed by atoms with van der Waals surface area (Å²) < 4.78 is 6.36. The first-order valence-electron chi connectivity index (χ1n) is 7.45. The molecule has 2 aromatic carbocycles. The van der Waals surface area contributed by atoms with Crippen LogP contribution in [0, 0.1) is 0 Å². The highest BCUT2D eigenvalue weighted by Crippen LogP contribution is 2.22. The van der Waals surface area contributed by atoms with E-state index in [0.29, 0.717) is 15.8 Å². The van der Waals surface area contributed by atoms with E-state index in [9.17, 15) is 4.79 Å².